The number of carboxylic acid groups (broad SMARTS) is 1. The van der Waals surface area contributed by atoms with Crippen LogP contribution in [0.2, 0.25) is 0 Å². The summed E-state index contributed by atoms with van der Waals surface area (Å²) in [5.41, 5.74) is 4.45. The number of nitrogens with one attached hydrogen (secondary N) is 6. The molecule has 15 nitrogen and oxygen atoms in total. The van der Waals surface area contributed by atoms with Gasteiger partial charge in [-0.15, -0.1) is 22.7 Å². The number of benzene rings is 2. The fourth-order valence-electron chi connectivity index (χ4n) is 5.82. The number of aromatic nitrogens is 2. The molecule has 0 saturated heterocycles. The number of aromatic amines is 2. The summed E-state index contributed by atoms with van der Waals surface area (Å²) in [5, 5.41) is 21.9. The van der Waals surface area contributed by atoms with Gasteiger partial charge < -0.3 is 45.8 Å². The molecule has 6 rings (SSSR count). The third-order valence-corrected chi connectivity index (χ3v) is 11.0. The normalized spacial score (nSPS) is 11.6. The zero-order valence-electron chi connectivity index (χ0n) is 32.7. The summed E-state index contributed by atoms with van der Waals surface area (Å²) >= 11 is 2.01. The van der Waals surface area contributed by atoms with Crippen molar-refractivity contribution in [3.8, 4) is 0 Å². The molecule has 1 atom stereocenters. The average Bonchev–Trinajstić information content (AvgIpc) is 4.00. The van der Waals surface area contributed by atoms with E-state index in [9.17, 15) is 28.8 Å². The Kier molecular flexibility index (Phi) is 13.7. The van der Waals surface area contributed by atoms with E-state index in [1.807, 2.05) is 60.9 Å². The van der Waals surface area contributed by atoms with E-state index >= 15 is 0 Å². The molecule has 0 spiro atoms. The first kappa shape index (κ1) is 42.7. The van der Waals surface area contributed by atoms with E-state index in [-0.39, 0.29) is 28.1 Å². The van der Waals surface area contributed by atoms with Crippen LogP contribution in [0.1, 0.15) is 81.7 Å². The summed E-state index contributed by atoms with van der Waals surface area (Å²) in [5.74, 6) is -2.86. The summed E-state index contributed by atoms with van der Waals surface area (Å²) in [4.78, 5) is 80.5. The fraction of sp³-hybridized carbons (Fsp3) is 0.268. The molecule has 0 unspecified atom stereocenters. The maximum atomic E-state index is 12.9. The number of amides is 4. The number of hydrogen-bond donors (Lipinski definition) is 7. The van der Waals surface area contributed by atoms with E-state index in [4.69, 9.17) is 14.6 Å². The van der Waals surface area contributed by atoms with Crippen molar-refractivity contribution in [1.82, 2.24) is 31.2 Å². The number of aromatic carboxylic acids is 1. The van der Waals surface area contributed by atoms with Gasteiger partial charge in [0.2, 0.25) is 0 Å². The van der Waals surface area contributed by atoms with Crippen LogP contribution in [0, 0.1) is 13.8 Å². The number of carbonyl (C=O) groups is 6. The lowest BCUT2D eigenvalue weighted by Crippen LogP contribution is -2.49. The van der Waals surface area contributed by atoms with Gasteiger partial charge >= 0.3 is 18.0 Å². The molecular weight excluding hydrogens is 785 g/mol. The quantitative estimate of drug-likeness (QED) is 0.0675. The highest BCUT2D eigenvalue weighted by Crippen LogP contribution is 2.24. The molecule has 0 aliphatic carbocycles. The van der Waals surface area contributed by atoms with Crippen molar-refractivity contribution in [2.24, 2.45) is 0 Å². The first-order valence-corrected chi connectivity index (χ1v) is 19.6. The number of rotatable bonds is 12. The number of carboxylic acids is 1. The minimum absolute atomic E-state index is 0.206. The molecule has 0 fully saturated rings. The lowest BCUT2D eigenvalue weighted by molar-refractivity contribution is -0.142. The number of H-pyrrole nitrogens is 2. The van der Waals surface area contributed by atoms with Gasteiger partial charge in [-0.1, -0.05) is 24.3 Å². The van der Waals surface area contributed by atoms with Gasteiger partial charge in [0.05, 0.1) is 28.3 Å². The van der Waals surface area contributed by atoms with Crippen LogP contribution in [0.3, 0.4) is 0 Å². The number of hydrogen-bond acceptors (Lipinski definition) is 10. The Labute approximate surface area is 341 Å². The molecule has 4 amide bonds. The Morgan fingerprint density at radius 1 is 0.724 bits per heavy atom. The molecular formula is C41H44N6O9S2. The van der Waals surface area contributed by atoms with Crippen LogP contribution < -0.4 is 21.3 Å². The third-order valence-electron chi connectivity index (χ3n) is 8.57. The number of thiophene rings is 2. The summed E-state index contributed by atoms with van der Waals surface area (Å²) in [6.07, 6.45) is 2.97. The molecule has 4 aromatic heterocycles. The van der Waals surface area contributed by atoms with Crippen LogP contribution in [-0.4, -0.2) is 76.1 Å². The summed E-state index contributed by atoms with van der Waals surface area (Å²) < 4.78 is 9.90. The highest BCUT2D eigenvalue weighted by molar-refractivity contribution is 7.16. The van der Waals surface area contributed by atoms with Crippen LogP contribution in [-0.2, 0) is 27.4 Å². The third kappa shape index (κ3) is 10.9. The number of methoxy groups -OCH3 is 1. The SMILES string of the molecule is COC(=O)[C@H](CNC(=O)OC(C)(C)C)NC(=O)c1sc(C(=O)NCc2cccc3[nH]ccc23)cc1C.Cc1cc(C(=O)NCc2cccc3[nH]ccc23)sc1C(=O)O. The maximum absolute atomic E-state index is 12.9. The van der Waals surface area contributed by atoms with Crippen molar-refractivity contribution in [2.45, 2.75) is 59.4 Å². The molecule has 304 valence electrons. The summed E-state index contributed by atoms with van der Waals surface area (Å²) in [6.45, 7) is 9.02. The molecule has 6 aromatic rings. The zero-order valence-corrected chi connectivity index (χ0v) is 34.3. The summed E-state index contributed by atoms with van der Waals surface area (Å²) in [6, 6.07) is 17.7. The fourth-order valence-corrected chi connectivity index (χ4v) is 7.74. The van der Waals surface area contributed by atoms with Gasteiger partial charge in [0.15, 0.2) is 0 Å². The number of alkyl carbamates (subject to hydrolysis) is 1. The molecule has 2 aromatic carbocycles. The van der Waals surface area contributed by atoms with Crippen molar-refractivity contribution < 1.29 is 43.3 Å². The minimum atomic E-state index is -1.14. The number of aryl methyl sites for hydroxylation is 2. The lowest BCUT2D eigenvalue weighted by Gasteiger charge is -2.21. The lowest BCUT2D eigenvalue weighted by atomic mass is 10.1. The van der Waals surface area contributed by atoms with E-state index in [1.165, 1.54) is 7.11 Å². The van der Waals surface area contributed by atoms with Gasteiger partial charge in [0.1, 0.15) is 16.5 Å². The van der Waals surface area contributed by atoms with Gasteiger partial charge in [-0.05, 0) is 93.3 Å². The molecule has 0 bridgehead atoms. The van der Waals surface area contributed by atoms with E-state index in [0.29, 0.717) is 34.0 Å². The van der Waals surface area contributed by atoms with Gasteiger partial charge in [0, 0.05) is 47.3 Å². The standard InChI is InChI=1S/C25H30N4O6S.C16H14N2O3S/c1-14-11-19(21(30)27-12-15-7-6-8-17-16(15)9-10-26-17)36-20(14)22(31)29-18(23(32)34-5)13-28-24(33)35-25(2,3)4;1-9-7-13(22-14(9)16(20)21)15(19)18-8-10-3-2-4-12-11(10)5-6-17-12/h6-11,18,26H,12-13H2,1-5H3,(H,27,30)(H,28,33)(H,29,31);2-7,17H,8H2,1H3,(H,18,19)(H,20,21)/t18-;/m0./s1. The predicted octanol–water partition coefficient (Wildman–Crippen LogP) is 6.43. The topological polar surface area (TPSA) is 221 Å². The molecule has 58 heavy (non-hydrogen) atoms. The Balaban J connectivity index is 0.000000247. The molecule has 0 saturated carbocycles. The van der Waals surface area contributed by atoms with Crippen molar-refractivity contribution in [2.75, 3.05) is 13.7 Å². The van der Waals surface area contributed by atoms with E-state index in [1.54, 1.807) is 46.8 Å². The van der Waals surface area contributed by atoms with Crippen molar-refractivity contribution in [1.29, 1.82) is 0 Å². The van der Waals surface area contributed by atoms with Crippen LogP contribution in [0.5, 0.6) is 0 Å². The van der Waals surface area contributed by atoms with E-state index in [2.05, 4.69) is 31.2 Å². The average molecular weight is 829 g/mol. The van der Waals surface area contributed by atoms with Crippen molar-refractivity contribution in [3.63, 3.8) is 0 Å². The maximum Gasteiger partial charge on any atom is 0.407 e. The van der Waals surface area contributed by atoms with Crippen LogP contribution in [0.25, 0.3) is 21.8 Å². The van der Waals surface area contributed by atoms with Gasteiger partial charge in [-0.2, -0.15) is 0 Å². The summed E-state index contributed by atoms with van der Waals surface area (Å²) in [7, 11) is 1.18. The highest BCUT2D eigenvalue weighted by atomic mass is 32.1. The van der Waals surface area contributed by atoms with Gasteiger partial charge in [-0.3, -0.25) is 14.4 Å². The molecule has 17 heteroatoms. The van der Waals surface area contributed by atoms with Crippen molar-refractivity contribution >= 4 is 80.2 Å². The molecule has 0 radical (unpaired) electrons. The second kappa shape index (κ2) is 18.7. The second-order valence-corrected chi connectivity index (χ2v) is 16.2. The monoisotopic (exact) mass is 828 g/mol. The van der Waals surface area contributed by atoms with E-state index in [0.717, 1.165) is 55.6 Å². The number of esters is 1. The first-order valence-electron chi connectivity index (χ1n) is 18.0. The Morgan fingerprint density at radius 3 is 1.69 bits per heavy atom. The van der Waals surface area contributed by atoms with Gasteiger partial charge in [-0.25, -0.2) is 14.4 Å². The largest absolute Gasteiger partial charge is 0.477 e. The van der Waals surface area contributed by atoms with Crippen LogP contribution in [0.15, 0.2) is 73.1 Å². The smallest absolute Gasteiger partial charge is 0.407 e. The van der Waals surface area contributed by atoms with Crippen LogP contribution in [0.4, 0.5) is 4.79 Å². The minimum Gasteiger partial charge on any atom is -0.477 e. The number of ether oxygens (including phenoxy) is 2. The number of carbonyl (C=O) groups excluding carboxylic acids is 5. The Hall–Kier alpha value is -6.46. The van der Waals surface area contributed by atoms with E-state index < -0.39 is 35.6 Å². The molecule has 7 N–H and O–H groups in total. The first-order chi connectivity index (χ1) is 27.5. The van der Waals surface area contributed by atoms with Gasteiger partial charge in [0.25, 0.3) is 17.7 Å². The van der Waals surface area contributed by atoms with Crippen LogP contribution >= 0.6 is 22.7 Å². The Morgan fingerprint density at radius 2 is 1.22 bits per heavy atom. The zero-order chi connectivity index (χ0) is 42.1. The molecule has 0 aliphatic heterocycles. The number of fused-ring (bicyclic) bond motifs is 2. The Bertz CT molecular complexity index is 2470. The van der Waals surface area contributed by atoms with Crippen molar-refractivity contribution in [3.05, 3.63) is 115 Å². The highest BCUT2D eigenvalue weighted by Gasteiger charge is 2.27. The second-order valence-electron chi connectivity index (χ2n) is 14.1. The molecule has 4 heterocycles. The molecule has 0 aliphatic rings. The predicted molar refractivity (Wildman–Crippen MR) is 222 cm³/mol.